The molecule has 0 aromatic carbocycles. The van der Waals surface area contributed by atoms with Gasteiger partial charge in [0.15, 0.2) is 0 Å². The molecular formula is C7H16ClNO2. The maximum absolute atomic E-state index is 9.56. The van der Waals surface area contributed by atoms with Crippen molar-refractivity contribution in [3.05, 3.63) is 0 Å². The highest BCUT2D eigenvalue weighted by Gasteiger charge is 2.30. The maximum atomic E-state index is 9.56. The van der Waals surface area contributed by atoms with Crippen LogP contribution in [-0.2, 0) is 0 Å². The maximum Gasteiger partial charge on any atom is 0.0771 e. The molecule has 3 nitrogen and oxygen atoms in total. The van der Waals surface area contributed by atoms with Gasteiger partial charge in [-0.25, -0.2) is 0 Å². The predicted molar refractivity (Wildman–Crippen MR) is 45.7 cm³/mol. The lowest BCUT2D eigenvalue weighted by molar-refractivity contribution is -0.0245. The summed E-state index contributed by atoms with van der Waals surface area (Å²) in [6.45, 7) is 0.319. The van der Waals surface area contributed by atoms with E-state index >= 15 is 0 Å². The summed E-state index contributed by atoms with van der Waals surface area (Å²) in [5, 5.41) is 18.6. The number of nitrogens with two attached hydrogens (primary N) is 1. The Kier molecular flexibility index (Phi) is 4.32. The predicted octanol–water partition coefficient (Wildman–Crippen LogP) is 0.0329. The van der Waals surface area contributed by atoms with Gasteiger partial charge in [-0.15, -0.1) is 12.4 Å². The summed E-state index contributed by atoms with van der Waals surface area (Å²) in [5.41, 5.74) is 4.67. The Morgan fingerprint density at radius 2 is 1.82 bits per heavy atom. The molecule has 0 saturated heterocycles. The molecule has 1 rings (SSSR count). The van der Waals surface area contributed by atoms with Crippen molar-refractivity contribution in [3.63, 3.8) is 0 Å². The second-order valence-electron chi connectivity index (χ2n) is 3.16. The lowest BCUT2D eigenvalue weighted by atomic mass is 9.83. The van der Waals surface area contributed by atoms with Crippen LogP contribution in [0.15, 0.2) is 0 Å². The summed E-state index contributed by atoms with van der Waals surface area (Å²) in [6, 6.07) is 0. The van der Waals surface area contributed by atoms with E-state index in [1.165, 1.54) is 0 Å². The van der Waals surface area contributed by atoms with Crippen LogP contribution in [0.3, 0.4) is 0 Å². The third-order valence-electron chi connectivity index (χ3n) is 2.27. The SMILES string of the molecule is Cl.NCC1(O)CCC(O)CC1. The van der Waals surface area contributed by atoms with Crippen molar-refractivity contribution >= 4 is 12.4 Å². The number of hydrogen-bond donors (Lipinski definition) is 3. The normalized spacial score (nSPS) is 37.9. The van der Waals surface area contributed by atoms with Crippen LogP contribution in [-0.4, -0.2) is 28.5 Å². The largest absolute Gasteiger partial charge is 0.393 e. The van der Waals surface area contributed by atoms with Crippen molar-refractivity contribution in [2.75, 3.05) is 6.54 Å². The molecule has 0 unspecified atom stereocenters. The number of rotatable bonds is 1. The van der Waals surface area contributed by atoms with Gasteiger partial charge in [-0.05, 0) is 25.7 Å². The standard InChI is InChI=1S/C7H15NO2.ClH/c8-5-7(10)3-1-6(9)2-4-7;/h6,9-10H,1-5,8H2;1H. The van der Waals surface area contributed by atoms with E-state index in [4.69, 9.17) is 10.8 Å². The molecule has 1 aliphatic carbocycles. The fourth-order valence-corrected chi connectivity index (χ4v) is 1.34. The Morgan fingerprint density at radius 1 is 1.36 bits per heavy atom. The lowest BCUT2D eigenvalue weighted by Crippen LogP contribution is -2.42. The molecule has 0 spiro atoms. The van der Waals surface area contributed by atoms with E-state index in [1.807, 2.05) is 0 Å². The number of hydrogen-bond acceptors (Lipinski definition) is 3. The number of aliphatic hydroxyl groups excluding tert-OH is 1. The van der Waals surface area contributed by atoms with E-state index in [0.29, 0.717) is 32.2 Å². The van der Waals surface area contributed by atoms with Crippen molar-refractivity contribution in [2.45, 2.75) is 37.4 Å². The Bertz CT molecular complexity index is 113. The Morgan fingerprint density at radius 3 is 2.18 bits per heavy atom. The first kappa shape index (κ1) is 11.2. The molecule has 0 radical (unpaired) electrons. The zero-order valence-corrected chi connectivity index (χ0v) is 7.31. The average Bonchev–Trinajstić information content (AvgIpc) is 1.96. The summed E-state index contributed by atoms with van der Waals surface area (Å²) < 4.78 is 0. The second kappa shape index (κ2) is 4.26. The minimum atomic E-state index is -0.681. The molecule has 4 N–H and O–H groups in total. The highest BCUT2D eigenvalue weighted by Crippen LogP contribution is 2.26. The van der Waals surface area contributed by atoms with E-state index in [9.17, 15) is 5.11 Å². The summed E-state index contributed by atoms with van der Waals surface area (Å²) in [5.74, 6) is 0. The Hall–Kier alpha value is 0.170. The smallest absolute Gasteiger partial charge is 0.0771 e. The molecule has 0 aromatic heterocycles. The minimum absolute atomic E-state index is 0. The van der Waals surface area contributed by atoms with E-state index in [1.54, 1.807) is 0 Å². The molecule has 0 atom stereocenters. The second-order valence-corrected chi connectivity index (χ2v) is 3.16. The minimum Gasteiger partial charge on any atom is -0.393 e. The van der Waals surface area contributed by atoms with Gasteiger partial charge in [0.1, 0.15) is 0 Å². The van der Waals surface area contributed by atoms with Crippen molar-refractivity contribution < 1.29 is 10.2 Å². The fourth-order valence-electron chi connectivity index (χ4n) is 1.34. The molecule has 11 heavy (non-hydrogen) atoms. The van der Waals surface area contributed by atoms with Gasteiger partial charge in [0.05, 0.1) is 11.7 Å². The van der Waals surface area contributed by atoms with E-state index in [0.717, 1.165) is 0 Å². The van der Waals surface area contributed by atoms with Crippen LogP contribution in [0.25, 0.3) is 0 Å². The Labute approximate surface area is 73.0 Å². The van der Waals surface area contributed by atoms with E-state index in [2.05, 4.69) is 0 Å². The van der Waals surface area contributed by atoms with Crippen LogP contribution in [0.1, 0.15) is 25.7 Å². The van der Waals surface area contributed by atoms with Gasteiger partial charge in [-0.1, -0.05) is 0 Å². The molecule has 4 heteroatoms. The molecule has 0 amide bonds. The molecule has 0 aliphatic heterocycles. The van der Waals surface area contributed by atoms with Gasteiger partial charge in [-0.3, -0.25) is 0 Å². The summed E-state index contributed by atoms with van der Waals surface area (Å²) >= 11 is 0. The highest BCUT2D eigenvalue weighted by molar-refractivity contribution is 5.85. The summed E-state index contributed by atoms with van der Waals surface area (Å²) in [6.07, 6.45) is 2.45. The third-order valence-corrected chi connectivity index (χ3v) is 2.27. The molecule has 1 saturated carbocycles. The van der Waals surface area contributed by atoms with E-state index < -0.39 is 5.60 Å². The molecule has 1 aliphatic rings. The monoisotopic (exact) mass is 181 g/mol. The van der Waals surface area contributed by atoms with Crippen LogP contribution >= 0.6 is 12.4 Å². The van der Waals surface area contributed by atoms with Crippen molar-refractivity contribution in [1.29, 1.82) is 0 Å². The molecule has 0 heterocycles. The first-order valence-corrected chi connectivity index (χ1v) is 3.77. The van der Waals surface area contributed by atoms with Gasteiger partial charge in [0.25, 0.3) is 0 Å². The summed E-state index contributed by atoms with van der Waals surface area (Å²) in [7, 11) is 0. The molecule has 1 fully saturated rings. The number of aliphatic hydroxyl groups is 2. The van der Waals surface area contributed by atoms with Gasteiger partial charge in [-0.2, -0.15) is 0 Å². The van der Waals surface area contributed by atoms with Crippen molar-refractivity contribution in [2.24, 2.45) is 5.73 Å². The van der Waals surface area contributed by atoms with Gasteiger partial charge >= 0.3 is 0 Å². The quantitative estimate of drug-likeness (QED) is 0.535. The van der Waals surface area contributed by atoms with Crippen LogP contribution in [0.4, 0.5) is 0 Å². The molecular weight excluding hydrogens is 166 g/mol. The number of halogens is 1. The van der Waals surface area contributed by atoms with E-state index in [-0.39, 0.29) is 18.5 Å². The highest BCUT2D eigenvalue weighted by atomic mass is 35.5. The zero-order valence-electron chi connectivity index (χ0n) is 6.49. The fraction of sp³-hybridized carbons (Fsp3) is 1.00. The molecule has 0 aromatic rings. The van der Waals surface area contributed by atoms with Crippen LogP contribution in [0.2, 0.25) is 0 Å². The van der Waals surface area contributed by atoms with Crippen LogP contribution in [0.5, 0.6) is 0 Å². The van der Waals surface area contributed by atoms with Crippen LogP contribution < -0.4 is 5.73 Å². The molecule has 0 bridgehead atoms. The van der Waals surface area contributed by atoms with Gasteiger partial charge in [0.2, 0.25) is 0 Å². The van der Waals surface area contributed by atoms with Crippen molar-refractivity contribution in [1.82, 2.24) is 0 Å². The average molecular weight is 182 g/mol. The zero-order chi connectivity index (χ0) is 7.61. The first-order chi connectivity index (χ1) is 4.66. The summed E-state index contributed by atoms with van der Waals surface area (Å²) in [4.78, 5) is 0. The topological polar surface area (TPSA) is 66.5 Å². The first-order valence-electron chi connectivity index (χ1n) is 3.77. The van der Waals surface area contributed by atoms with Crippen molar-refractivity contribution in [3.8, 4) is 0 Å². The lowest BCUT2D eigenvalue weighted by Gasteiger charge is -2.32. The van der Waals surface area contributed by atoms with Gasteiger partial charge < -0.3 is 15.9 Å². The van der Waals surface area contributed by atoms with Crippen LogP contribution in [0, 0.1) is 0 Å². The van der Waals surface area contributed by atoms with Gasteiger partial charge in [0, 0.05) is 6.54 Å². The third kappa shape index (κ3) is 2.95. The Balaban J connectivity index is 0.000001000. The molecule has 68 valence electrons.